The van der Waals surface area contributed by atoms with Crippen molar-refractivity contribution in [1.82, 2.24) is 0 Å². The summed E-state index contributed by atoms with van der Waals surface area (Å²) < 4.78 is 7.97. The van der Waals surface area contributed by atoms with Crippen LogP contribution in [0.3, 0.4) is 0 Å². The van der Waals surface area contributed by atoms with Gasteiger partial charge in [0.05, 0.1) is 0 Å². The number of ether oxygens (including phenoxy) is 1. The van der Waals surface area contributed by atoms with Crippen LogP contribution < -0.4 is 10.5 Å². The number of halogens is 2. The van der Waals surface area contributed by atoms with Crippen LogP contribution in [0.2, 0.25) is 0 Å². The lowest BCUT2D eigenvalue weighted by Gasteiger charge is -2.12. The number of hydrogen-bond donors (Lipinski definition) is 1. The molecule has 2 N–H and O–H groups in total. The predicted molar refractivity (Wildman–Crippen MR) is 81.0 cm³/mol. The molecule has 0 spiro atoms. The Labute approximate surface area is 123 Å². The second-order valence-electron chi connectivity index (χ2n) is 3.97. The van der Waals surface area contributed by atoms with Crippen molar-refractivity contribution in [3.63, 3.8) is 0 Å². The van der Waals surface area contributed by atoms with Gasteiger partial charge in [-0.15, -0.1) is 0 Å². The smallest absolute Gasteiger partial charge is 0.131 e. The van der Waals surface area contributed by atoms with Gasteiger partial charge in [0.25, 0.3) is 0 Å². The Hall–Kier alpha value is -0.840. The Morgan fingerprint density at radius 2 is 1.61 bits per heavy atom. The van der Waals surface area contributed by atoms with E-state index in [9.17, 15) is 0 Å². The minimum atomic E-state index is 0.449. The normalized spacial score (nSPS) is 10.4. The highest BCUT2D eigenvalue weighted by Gasteiger charge is 2.06. The first-order valence-corrected chi connectivity index (χ1v) is 7.11. The molecule has 0 aliphatic heterocycles. The fourth-order valence-corrected chi connectivity index (χ4v) is 2.54. The quantitative estimate of drug-likeness (QED) is 0.844. The van der Waals surface area contributed by atoms with E-state index in [1.807, 2.05) is 43.3 Å². The number of hydrogen-bond acceptors (Lipinski definition) is 2. The fraction of sp³-hybridized carbons (Fsp3) is 0.143. The molecule has 2 rings (SSSR count). The van der Waals surface area contributed by atoms with Gasteiger partial charge in [0.1, 0.15) is 11.5 Å². The average Bonchev–Trinajstić information content (AvgIpc) is 2.34. The van der Waals surface area contributed by atoms with E-state index in [0.29, 0.717) is 6.54 Å². The predicted octanol–water partition coefficient (Wildman–Crippen LogP) is 4.77. The molecule has 0 saturated carbocycles. The molecule has 0 bridgehead atoms. The number of benzene rings is 2. The van der Waals surface area contributed by atoms with Gasteiger partial charge in [-0.3, -0.25) is 0 Å². The molecule has 0 aliphatic carbocycles. The van der Waals surface area contributed by atoms with Crippen LogP contribution in [-0.2, 0) is 6.54 Å². The summed E-state index contributed by atoms with van der Waals surface area (Å²) in [7, 11) is 0. The van der Waals surface area contributed by atoms with Gasteiger partial charge in [0.15, 0.2) is 0 Å². The minimum Gasteiger partial charge on any atom is -0.457 e. The van der Waals surface area contributed by atoms with Crippen LogP contribution in [0.15, 0.2) is 45.3 Å². The van der Waals surface area contributed by atoms with Gasteiger partial charge in [-0.05, 0) is 48.9 Å². The van der Waals surface area contributed by atoms with Gasteiger partial charge < -0.3 is 10.5 Å². The first kappa shape index (κ1) is 13.6. The molecular weight excluding hydrogens is 358 g/mol. The second kappa shape index (κ2) is 5.87. The Morgan fingerprint density at radius 1 is 1.00 bits per heavy atom. The molecule has 0 atom stereocenters. The van der Waals surface area contributed by atoms with E-state index in [-0.39, 0.29) is 0 Å². The average molecular weight is 371 g/mol. The largest absolute Gasteiger partial charge is 0.457 e. The Kier molecular flexibility index (Phi) is 4.43. The summed E-state index contributed by atoms with van der Waals surface area (Å²) in [5.41, 5.74) is 7.78. The standard InChI is InChI=1S/C14H13Br2NO/c1-9-6-11(15)2-4-13(9)18-14-5-3-12(16)7-10(14)8-17/h2-7H,8,17H2,1H3. The molecule has 2 aromatic rings. The van der Waals surface area contributed by atoms with E-state index in [1.54, 1.807) is 0 Å². The highest BCUT2D eigenvalue weighted by Crippen LogP contribution is 2.31. The van der Waals surface area contributed by atoms with Crippen molar-refractivity contribution < 1.29 is 4.74 Å². The van der Waals surface area contributed by atoms with Crippen LogP contribution >= 0.6 is 31.9 Å². The Morgan fingerprint density at radius 3 is 2.22 bits per heavy atom. The van der Waals surface area contributed by atoms with Gasteiger partial charge in [-0.2, -0.15) is 0 Å². The van der Waals surface area contributed by atoms with Crippen molar-refractivity contribution in [2.24, 2.45) is 5.73 Å². The highest BCUT2D eigenvalue weighted by atomic mass is 79.9. The van der Waals surface area contributed by atoms with E-state index >= 15 is 0 Å². The summed E-state index contributed by atoms with van der Waals surface area (Å²) >= 11 is 6.87. The summed E-state index contributed by atoms with van der Waals surface area (Å²) in [5, 5.41) is 0. The summed E-state index contributed by atoms with van der Waals surface area (Å²) in [5.74, 6) is 1.64. The van der Waals surface area contributed by atoms with Gasteiger partial charge in [0.2, 0.25) is 0 Å². The van der Waals surface area contributed by atoms with Crippen molar-refractivity contribution in [1.29, 1.82) is 0 Å². The lowest BCUT2D eigenvalue weighted by molar-refractivity contribution is 0.472. The van der Waals surface area contributed by atoms with Crippen molar-refractivity contribution in [3.05, 3.63) is 56.5 Å². The second-order valence-corrected chi connectivity index (χ2v) is 5.80. The zero-order valence-electron chi connectivity index (χ0n) is 9.91. The van der Waals surface area contributed by atoms with Crippen LogP contribution in [-0.4, -0.2) is 0 Å². The number of nitrogens with two attached hydrogens (primary N) is 1. The van der Waals surface area contributed by atoms with E-state index in [2.05, 4.69) is 31.9 Å². The molecule has 0 heterocycles. The van der Waals surface area contributed by atoms with Crippen LogP contribution in [0.1, 0.15) is 11.1 Å². The molecule has 94 valence electrons. The summed E-state index contributed by atoms with van der Waals surface area (Å²) in [6, 6.07) is 11.8. The molecule has 0 aliphatic rings. The molecular formula is C14H13Br2NO. The van der Waals surface area contributed by atoms with Gasteiger partial charge in [-0.25, -0.2) is 0 Å². The summed E-state index contributed by atoms with van der Waals surface area (Å²) in [6.07, 6.45) is 0. The molecule has 0 aromatic heterocycles. The molecule has 0 amide bonds. The third kappa shape index (κ3) is 3.13. The van der Waals surface area contributed by atoms with E-state index < -0.39 is 0 Å². The topological polar surface area (TPSA) is 35.2 Å². The summed E-state index contributed by atoms with van der Waals surface area (Å²) in [4.78, 5) is 0. The maximum Gasteiger partial charge on any atom is 0.131 e. The van der Waals surface area contributed by atoms with E-state index in [1.165, 1.54) is 0 Å². The van der Waals surface area contributed by atoms with Gasteiger partial charge in [0, 0.05) is 21.1 Å². The third-order valence-corrected chi connectivity index (χ3v) is 3.59. The van der Waals surface area contributed by atoms with Crippen LogP contribution in [0.4, 0.5) is 0 Å². The minimum absolute atomic E-state index is 0.449. The van der Waals surface area contributed by atoms with E-state index in [4.69, 9.17) is 10.5 Å². The van der Waals surface area contributed by atoms with Crippen molar-refractivity contribution in [3.8, 4) is 11.5 Å². The van der Waals surface area contributed by atoms with Crippen molar-refractivity contribution in [2.45, 2.75) is 13.5 Å². The zero-order chi connectivity index (χ0) is 13.1. The molecule has 0 unspecified atom stereocenters. The van der Waals surface area contributed by atoms with Gasteiger partial charge in [-0.1, -0.05) is 31.9 Å². The lowest BCUT2D eigenvalue weighted by Crippen LogP contribution is -2.00. The first-order valence-electron chi connectivity index (χ1n) is 5.52. The molecule has 2 nitrogen and oxygen atoms in total. The molecule has 2 aromatic carbocycles. The maximum atomic E-state index is 5.92. The third-order valence-electron chi connectivity index (χ3n) is 2.60. The lowest BCUT2D eigenvalue weighted by atomic mass is 10.2. The highest BCUT2D eigenvalue weighted by molar-refractivity contribution is 9.10. The van der Waals surface area contributed by atoms with E-state index in [0.717, 1.165) is 31.6 Å². The Balaban J connectivity index is 2.33. The first-order chi connectivity index (χ1) is 8.60. The van der Waals surface area contributed by atoms with Gasteiger partial charge >= 0.3 is 0 Å². The van der Waals surface area contributed by atoms with Crippen LogP contribution in [0.5, 0.6) is 11.5 Å². The number of aryl methyl sites for hydroxylation is 1. The Bertz CT molecular complexity index is 570. The molecule has 0 saturated heterocycles. The number of rotatable bonds is 3. The van der Waals surface area contributed by atoms with Crippen LogP contribution in [0, 0.1) is 6.92 Å². The van der Waals surface area contributed by atoms with Crippen LogP contribution in [0.25, 0.3) is 0 Å². The molecule has 4 heteroatoms. The molecule has 0 radical (unpaired) electrons. The monoisotopic (exact) mass is 369 g/mol. The molecule has 18 heavy (non-hydrogen) atoms. The SMILES string of the molecule is Cc1cc(Br)ccc1Oc1ccc(Br)cc1CN. The fourth-order valence-electron chi connectivity index (χ4n) is 1.65. The zero-order valence-corrected chi connectivity index (χ0v) is 13.1. The van der Waals surface area contributed by atoms with Crippen molar-refractivity contribution in [2.75, 3.05) is 0 Å². The van der Waals surface area contributed by atoms with Crippen molar-refractivity contribution >= 4 is 31.9 Å². The maximum absolute atomic E-state index is 5.92. The summed E-state index contributed by atoms with van der Waals surface area (Å²) in [6.45, 7) is 2.46. The molecule has 0 fully saturated rings.